The number of hydrogen-bond acceptors (Lipinski definition) is 6. The molecule has 9 heteroatoms. The van der Waals surface area contributed by atoms with Gasteiger partial charge < -0.3 is 19.5 Å². The number of nitrogens with zero attached hydrogens (tertiary/aromatic N) is 3. The fourth-order valence-electron chi connectivity index (χ4n) is 3.32. The lowest BCUT2D eigenvalue weighted by molar-refractivity contribution is 0.102. The van der Waals surface area contributed by atoms with Crippen molar-refractivity contribution in [3.63, 3.8) is 0 Å². The predicted octanol–water partition coefficient (Wildman–Crippen LogP) is 4.75. The van der Waals surface area contributed by atoms with E-state index in [1.165, 1.54) is 12.1 Å². The standard InChI is InChI=1S/C26H25FN4O4/c1-3-34-15-16-35-26-29-24(19-5-4-6-20(27)17-19)31(30-26)22-11-9-21(10-12-22)28-25(32)18-7-13-23(33-2)14-8-18/h4-14,17H,3,15-16H2,1-2H3,(H,28,32). The number of halogens is 1. The molecule has 3 aromatic carbocycles. The van der Waals surface area contributed by atoms with Crippen molar-refractivity contribution < 1.29 is 23.4 Å². The zero-order chi connectivity index (χ0) is 24.6. The van der Waals surface area contributed by atoms with Crippen molar-refractivity contribution in [3.8, 4) is 28.8 Å². The number of rotatable bonds is 10. The fraction of sp³-hybridized carbons (Fsp3) is 0.192. The van der Waals surface area contributed by atoms with Crippen LogP contribution in [0.25, 0.3) is 17.1 Å². The minimum Gasteiger partial charge on any atom is -0.497 e. The topological polar surface area (TPSA) is 87.5 Å². The van der Waals surface area contributed by atoms with E-state index in [0.29, 0.717) is 47.3 Å². The van der Waals surface area contributed by atoms with Crippen LogP contribution in [0, 0.1) is 5.82 Å². The minimum atomic E-state index is -0.382. The minimum absolute atomic E-state index is 0.154. The van der Waals surface area contributed by atoms with Crippen LogP contribution >= 0.6 is 0 Å². The molecule has 0 unspecified atom stereocenters. The monoisotopic (exact) mass is 476 g/mol. The molecule has 0 atom stereocenters. The molecule has 4 aromatic rings. The molecule has 35 heavy (non-hydrogen) atoms. The zero-order valence-corrected chi connectivity index (χ0v) is 19.4. The summed E-state index contributed by atoms with van der Waals surface area (Å²) in [6.45, 7) is 3.18. The Morgan fingerprint density at radius 1 is 1.03 bits per heavy atom. The van der Waals surface area contributed by atoms with Crippen molar-refractivity contribution in [1.29, 1.82) is 0 Å². The van der Waals surface area contributed by atoms with Gasteiger partial charge in [-0.2, -0.15) is 4.98 Å². The normalized spacial score (nSPS) is 10.7. The van der Waals surface area contributed by atoms with Gasteiger partial charge in [0.25, 0.3) is 5.91 Å². The third kappa shape index (κ3) is 6.01. The number of carbonyl (C=O) groups is 1. The maximum Gasteiger partial charge on any atom is 0.336 e. The second-order valence-electron chi connectivity index (χ2n) is 7.42. The molecule has 1 heterocycles. The van der Waals surface area contributed by atoms with Crippen LogP contribution in [0.5, 0.6) is 11.8 Å². The smallest absolute Gasteiger partial charge is 0.336 e. The molecule has 1 N–H and O–H groups in total. The quantitative estimate of drug-likeness (QED) is 0.333. The van der Waals surface area contributed by atoms with E-state index in [1.54, 1.807) is 72.5 Å². The summed E-state index contributed by atoms with van der Waals surface area (Å²) in [5.74, 6) is 0.471. The van der Waals surface area contributed by atoms with E-state index in [1.807, 2.05) is 6.92 Å². The maximum absolute atomic E-state index is 13.9. The van der Waals surface area contributed by atoms with E-state index < -0.39 is 0 Å². The third-order valence-electron chi connectivity index (χ3n) is 5.06. The maximum atomic E-state index is 13.9. The second kappa shape index (κ2) is 11.3. The van der Waals surface area contributed by atoms with Crippen LogP contribution in [-0.2, 0) is 4.74 Å². The van der Waals surface area contributed by atoms with Gasteiger partial charge in [-0.15, -0.1) is 5.10 Å². The highest BCUT2D eigenvalue weighted by Crippen LogP contribution is 2.25. The van der Waals surface area contributed by atoms with E-state index in [-0.39, 0.29) is 24.3 Å². The summed E-state index contributed by atoms with van der Waals surface area (Å²) in [4.78, 5) is 17.0. The summed E-state index contributed by atoms with van der Waals surface area (Å²) in [5.41, 5.74) is 2.33. The molecule has 0 spiro atoms. The van der Waals surface area contributed by atoms with Crippen molar-refractivity contribution in [2.45, 2.75) is 6.92 Å². The third-order valence-corrected chi connectivity index (χ3v) is 5.06. The first-order valence-electron chi connectivity index (χ1n) is 11.1. The van der Waals surface area contributed by atoms with Crippen molar-refractivity contribution in [3.05, 3.63) is 84.2 Å². The Morgan fingerprint density at radius 3 is 2.49 bits per heavy atom. The molecule has 0 aliphatic carbocycles. The summed E-state index contributed by atoms with van der Waals surface area (Å²) in [7, 11) is 1.57. The summed E-state index contributed by atoms with van der Waals surface area (Å²) < 4.78 is 31.5. The van der Waals surface area contributed by atoms with E-state index >= 15 is 0 Å². The number of anilines is 1. The predicted molar refractivity (Wildman–Crippen MR) is 130 cm³/mol. The van der Waals surface area contributed by atoms with E-state index in [4.69, 9.17) is 14.2 Å². The largest absolute Gasteiger partial charge is 0.497 e. The number of methoxy groups -OCH3 is 1. The molecule has 8 nitrogen and oxygen atoms in total. The van der Waals surface area contributed by atoms with Crippen molar-refractivity contribution >= 4 is 11.6 Å². The van der Waals surface area contributed by atoms with Crippen LogP contribution in [0.2, 0.25) is 0 Å². The number of benzene rings is 3. The highest BCUT2D eigenvalue weighted by Gasteiger charge is 2.16. The Bertz CT molecular complexity index is 1270. The molecular weight excluding hydrogens is 451 g/mol. The van der Waals surface area contributed by atoms with Crippen molar-refractivity contribution in [1.82, 2.24) is 14.8 Å². The summed E-state index contributed by atoms with van der Waals surface area (Å²) in [6, 6.07) is 20.2. The molecule has 0 saturated carbocycles. The summed E-state index contributed by atoms with van der Waals surface area (Å²) in [5, 5.41) is 7.30. The van der Waals surface area contributed by atoms with Crippen LogP contribution in [0.1, 0.15) is 17.3 Å². The first-order chi connectivity index (χ1) is 17.1. The van der Waals surface area contributed by atoms with E-state index in [2.05, 4.69) is 15.4 Å². The highest BCUT2D eigenvalue weighted by molar-refractivity contribution is 6.04. The fourth-order valence-corrected chi connectivity index (χ4v) is 3.32. The molecule has 4 rings (SSSR count). The molecule has 1 aromatic heterocycles. The molecule has 180 valence electrons. The van der Waals surface area contributed by atoms with Crippen molar-refractivity contribution in [2.24, 2.45) is 0 Å². The van der Waals surface area contributed by atoms with Crippen LogP contribution in [-0.4, -0.2) is 47.6 Å². The SMILES string of the molecule is CCOCCOc1nc(-c2cccc(F)c2)n(-c2ccc(NC(=O)c3ccc(OC)cc3)cc2)n1. The Hall–Kier alpha value is -4.24. The van der Waals surface area contributed by atoms with Gasteiger partial charge in [0.05, 0.1) is 19.4 Å². The molecule has 0 aliphatic rings. The van der Waals surface area contributed by atoms with Crippen LogP contribution in [0.15, 0.2) is 72.8 Å². The Morgan fingerprint density at radius 2 is 1.80 bits per heavy atom. The highest BCUT2D eigenvalue weighted by atomic mass is 19.1. The Balaban J connectivity index is 1.55. The second-order valence-corrected chi connectivity index (χ2v) is 7.42. The van der Waals surface area contributed by atoms with Crippen LogP contribution < -0.4 is 14.8 Å². The molecule has 0 bridgehead atoms. The number of aromatic nitrogens is 3. The van der Waals surface area contributed by atoms with Gasteiger partial charge in [0, 0.05) is 23.4 Å². The lowest BCUT2D eigenvalue weighted by Gasteiger charge is -2.09. The molecule has 0 saturated heterocycles. The molecule has 0 radical (unpaired) electrons. The van der Waals surface area contributed by atoms with E-state index in [0.717, 1.165) is 0 Å². The van der Waals surface area contributed by atoms with Gasteiger partial charge in [-0.25, -0.2) is 9.07 Å². The summed E-state index contributed by atoms with van der Waals surface area (Å²) in [6.07, 6.45) is 0. The van der Waals surface area contributed by atoms with Gasteiger partial charge in [0.1, 0.15) is 18.2 Å². The number of hydrogen-bond donors (Lipinski definition) is 1. The van der Waals surface area contributed by atoms with Crippen molar-refractivity contribution in [2.75, 3.05) is 32.2 Å². The first kappa shape index (κ1) is 23.9. The zero-order valence-electron chi connectivity index (χ0n) is 19.4. The van der Waals surface area contributed by atoms with Gasteiger partial charge in [-0.1, -0.05) is 12.1 Å². The molecule has 1 amide bonds. The molecule has 0 aliphatic heterocycles. The first-order valence-corrected chi connectivity index (χ1v) is 11.1. The number of amides is 1. The van der Waals surface area contributed by atoms with Gasteiger partial charge >= 0.3 is 6.01 Å². The summed E-state index contributed by atoms with van der Waals surface area (Å²) >= 11 is 0. The lowest BCUT2D eigenvalue weighted by atomic mass is 10.2. The molecular formula is C26H25FN4O4. The number of ether oxygens (including phenoxy) is 3. The average Bonchev–Trinajstić information content (AvgIpc) is 3.31. The van der Waals surface area contributed by atoms with Gasteiger partial charge in [-0.05, 0) is 67.6 Å². The Labute approximate surface area is 202 Å². The number of carbonyl (C=O) groups excluding carboxylic acids is 1. The molecule has 0 fully saturated rings. The van der Waals surface area contributed by atoms with E-state index in [9.17, 15) is 9.18 Å². The number of nitrogens with one attached hydrogen (secondary N) is 1. The van der Waals surface area contributed by atoms with Crippen LogP contribution in [0.3, 0.4) is 0 Å². The van der Waals surface area contributed by atoms with Gasteiger partial charge in [0.2, 0.25) is 0 Å². The lowest BCUT2D eigenvalue weighted by Crippen LogP contribution is -2.11. The van der Waals surface area contributed by atoms with Gasteiger partial charge in [-0.3, -0.25) is 4.79 Å². The van der Waals surface area contributed by atoms with Crippen LogP contribution in [0.4, 0.5) is 10.1 Å². The Kier molecular flexibility index (Phi) is 7.69. The average molecular weight is 477 g/mol. The van der Waals surface area contributed by atoms with Gasteiger partial charge in [0.15, 0.2) is 5.82 Å².